The average molecular weight is 239 g/mol. The normalized spacial score (nSPS) is 11.0. The topological polar surface area (TPSA) is 69.2 Å². The Morgan fingerprint density at radius 2 is 2.00 bits per heavy atom. The molecule has 0 spiro atoms. The van der Waals surface area contributed by atoms with Crippen molar-refractivity contribution in [3.05, 3.63) is 29.8 Å². The van der Waals surface area contributed by atoms with Crippen molar-refractivity contribution in [3.63, 3.8) is 0 Å². The highest BCUT2D eigenvalue weighted by Gasteiger charge is 2.05. The highest BCUT2D eigenvalue weighted by molar-refractivity contribution is 7.45. The van der Waals surface area contributed by atoms with Gasteiger partial charge >= 0.3 is 8.03 Å². The van der Waals surface area contributed by atoms with Crippen LogP contribution < -0.4 is 15.5 Å². The lowest BCUT2D eigenvalue weighted by molar-refractivity contribution is -0.160. The van der Waals surface area contributed by atoms with E-state index < -0.39 is 8.03 Å². The minimum atomic E-state index is -2.50. The van der Waals surface area contributed by atoms with Crippen LogP contribution in [0.25, 0.3) is 0 Å². The van der Waals surface area contributed by atoms with Crippen LogP contribution in [0.4, 0.5) is 0 Å². The first-order valence-electron chi connectivity index (χ1n) is 5.13. The highest BCUT2D eigenvalue weighted by atomic mass is 31.1. The van der Waals surface area contributed by atoms with Gasteiger partial charge in [0.2, 0.25) is 5.91 Å². The predicted octanol–water partition coefficient (Wildman–Crippen LogP) is 0.483. The molecule has 0 aliphatic heterocycles. The molecule has 86 valence electrons. The first-order chi connectivity index (χ1) is 7.63. The standard InChI is InChI=1S/C11H14NO3P/c1-2-11(13)12-8-7-9-3-5-10(6-4-9)16(14)15/h3-6H,2,7-8H2,1H3,(H,12,13). The summed E-state index contributed by atoms with van der Waals surface area (Å²) in [6.07, 6.45) is 1.19. The molecule has 0 bridgehead atoms. The van der Waals surface area contributed by atoms with Crippen LogP contribution in [0.15, 0.2) is 24.3 Å². The molecule has 0 fully saturated rings. The van der Waals surface area contributed by atoms with Gasteiger partial charge < -0.3 is 10.2 Å². The van der Waals surface area contributed by atoms with Gasteiger partial charge in [0.1, 0.15) is 0 Å². The van der Waals surface area contributed by atoms with Crippen molar-refractivity contribution >= 4 is 19.2 Å². The zero-order valence-corrected chi connectivity index (χ0v) is 10.00. The molecule has 0 saturated carbocycles. The van der Waals surface area contributed by atoms with E-state index in [1.807, 2.05) is 0 Å². The number of carbonyl (C=O) groups excluding carboxylic acids is 1. The van der Waals surface area contributed by atoms with Gasteiger partial charge in [0.25, 0.3) is 0 Å². The zero-order chi connectivity index (χ0) is 12.0. The smallest absolute Gasteiger partial charge is 0.348 e. The van der Waals surface area contributed by atoms with Gasteiger partial charge in [-0.3, -0.25) is 4.79 Å². The van der Waals surface area contributed by atoms with Crippen LogP contribution in [0.1, 0.15) is 18.9 Å². The number of rotatable bonds is 5. The van der Waals surface area contributed by atoms with Crippen LogP contribution in [0, 0.1) is 0 Å². The lowest BCUT2D eigenvalue weighted by Crippen LogP contribution is -2.24. The van der Waals surface area contributed by atoms with Crippen LogP contribution >= 0.6 is 8.03 Å². The van der Waals surface area contributed by atoms with Gasteiger partial charge in [0.15, 0.2) is 5.30 Å². The molecular weight excluding hydrogens is 225 g/mol. The van der Waals surface area contributed by atoms with E-state index in [-0.39, 0.29) is 5.91 Å². The molecule has 0 aromatic heterocycles. The molecule has 1 N–H and O–H groups in total. The molecule has 1 aromatic rings. The number of hydrogen-bond donors (Lipinski definition) is 1. The molecule has 5 heteroatoms. The Bertz CT molecular complexity index is 375. The summed E-state index contributed by atoms with van der Waals surface area (Å²) in [5.41, 5.74) is 1.01. The maximum absolute atomic E-state index is 11.0. The average Bonchev–Trinajstić information content (AvgIpc) is 2.29. The predicted molar refractivity (Wildman–Crippen MR) is 60.7 cm³/mol. The lowest BCUT2D eigenvalue weighted by atomic mass is 10.1. The van der Waals surface area contributed by atoms with E-state index in [0.29, 0.717) is 24.7 Å². The van der Waals surface area contributed by atoms with Crippen molar-refractivity contribution in [2.45, 2.75) is 19.8 Å². The molecule has 4 nitrogen and oxygen atoms in total. The molecule has 1 amide bonds. The van der Waals surface area contributed by atoms with Crippen LogP contribution in [0.2, 0.25) is 0 Å². The van der Waals surface area contributed by atoms with Crippen molar-refractivity contribution < 1.29 is 14.3 Å². The third-order valence-corrected chi connectivity index (χ3v) is 2.92. The molecule has 1 atom stereocenters. The Labute approximate surface area is 95.6 Å². The number of hydrogen-bond acceptors (Lipinski definition) is 3. The van der Waals surface area contributed by atoms with E-state index in [4.69, 9.17) is 0 Å². The summed E-state index contributed by atoms with van der Waals surface area (Å²) < 4.78 is 10.6. The summed E-state index contributed by atoms with van der Waals surface area (Å²) in [5, 5.41) is 3.08. The van der Waals surface area contributed by atoms with Crippen LogP contribution in [-0.2, 0) is 15.8 Å². The number of nitrogens with one attached hydrogen (secondary N) is 1. The maximum Gasteiger partial charge on any atom is 0.348 e. The Balaban J connectivity index is 2.43. The van der Waals surface area contributed by atoms with Gasteiger partial charge in [-0.15, -0.1) is 0 Å². The van der Waals surface area contributed by atoms with Crippen molar-refractivity contribution in [3.8, 4) is 0 Å². The van der Waals surface area contributed by atoms with Crippen LogP contribution in [0.5, 0.6) is 0 Å². The van der Waals surface area contributed by atoms with E-state index in [2.05, 4.69) is 5.32 Å². The lowest BCUT2D eigenvalue weighted by Gasteiger charge is -2.03. The van der Waals surface area contributed by atoms with Gasteiger partial charge in [-0.05, 0) is 24.1 Å². The first kappa shape index (κ1) is 12.8. The van der Waals surface area contributed by atoms with Gasteiger partial charge in [0.05, 0.1) is 0 Å². The van der Waals surface area contributed by atoms with Crippen molar-refractivity contribution in [2.75, 3.05) is 6.54 Å². The SMILES string of the molecule is CCC(=O)NCCc1ccc([P+](=O)[O-])cc1. The van der Waals surface area contributed by atoms with E-state index in [1.54, 1.807) is 31.2 Å². The molecular formula is C11H14NO3P. The fraction of sp³-hybridized carbons (Fsp3) is 0.364. The second-order valence-corrected chi connectivity index (χ2v) is 4.41. The molecule has 0 saturated heterocycles. The summed E-state index contributed by atoms with van der Waals surface area (Å²) >= 11 is 0. The number of benzene rings is 1. The quantitative estimate of drug-likeness (QED) is 0.760. The van der Waals surface area contributed by atoms with E-state index in [1.165, 1.54) is 0 Å². The minimum Gasteiger partial charge on any atom is -0.591 e. The van der Waals surface area contributed by atoms with Gasteiger partial charge in [0, 0.05) is 13.0 Å². The third kappa shape index (κ3) is 4.09. The highest BCUT2D eigenvalue weighted by Crippen LogP contribution is 2.08. The Kier molecular flexibility index (Phi) is 5.09. The minimum absolute atomic E-state index is 0.0271. The van der Waals surface area contributed by atoms with Crippen LogP contribution in [-0.4, -0.2) is 12.5 Å². The Morgan fingerprint density at radius 3 is 2.50 bits per heavy atom. The van der Waals surface area contributed by atoms with Crippen molar-refractivity contribution in [1.82, 2.24) is 5.32 Å². The summed E-state index contributed by atoms with van der Waals surface area (Å²) in [6.45, 7) is 2.38. The zero-order valence-electron chi connectivity index (χ0n) is 9.10. The molecule has 0 aliphatic carbocycles. The van der Waals surface area contributed by atoms with Gasteiger partial charge in [-0.1, -0.05) is 23.6 Å². The van der Waals surface area contributed by atoms with Crippen molar-refractivity contribution in [2.24, 2.45) is 0 Å². The van der Waals surface area contributed by atoms with E-state index >= 15 is 0 Å². The molecule has 1 unspecified atom stereocenters. The molecule has 1 aromatic carbocycles. The molecule has 1 rings (SSSR count). The second-order valence-electron chi connectivity index (χ2n) is 3.38. The number of amides is 1. The van der Waals surface area contributed by atoms with Crippen molar-refractivity contribution in [1.29, 1.82) is 0 Å². The molecule has 0 aliphatic rings. The number of carbonyl (C=O) groups is 1. The van der Waals surface area contributed by atoms with E-state index in [0.717, 1.165) is 5.56 Å². The first-order valence-corrected chi connectivity index (χ1v) is 6.31. The summed E-state index contributed by atoms with van der Waals surface area (Å²) in [6, 6.07) is 6.67. The maximum atomic E-state index is 11.0. The monoisotopic (exact) mass is 239 g/mol. The summed E-state index contributed by atoms with van der Waals surface area (Å²) in [7, 11) is -2.50. The third-order valence-electron chi connectivity index (χ3n) is 2.20. The summed E-state index contributed by atoms with van der Waals surface area (Å²) in [4.78, 5) is 21.6. The van der Waals surface area contributed by atoms with Gasteiger partial charge in [-0.2, -0.15) is 0 Å². The van der Waals surface area contributed by atoms with E-state index in [9.17, 15) is 14.3 Å². The summed E-state index contributed by atoms with van der Waals surface area (Å²) in [5.74, 6) is 0.0271. The fourth-order valence-corrected chi connectivity index (χ4v) is 1.65. The largest absolute Gasteiger partial charge is 0.591 e. The second kappa shape index (κ2) is 6.36. The molecule has 16 heavy (non-hydrogen) atoms. The Morgan fingerprint density at radius 1 is 1.38 bits per heavy atom. The Hall–Kier alpha value is -1.25. The fourth-order valence-electron chi connectivity index (χ4n) is 1.26. The molecule has 0 radical (unpaired) electrons. The molecule has 0 heterocycles. The van der Waals surface area contributed by atoms with Crippen LogP contribution in [0.3, 0.4) is 0 Å². The van der Waals surface area contributed by atoms with Gasteiger partial charge in [-0.25, -0.2) is 0 Å².